The quantitative estimate of drug-likeness (QED) is 0.659. The number of fused-ring (bicyclic) bond motifs is 1. The third-order valence-corrected chi connectivity index (χ3v) is 3.44. The van der Waals surface area contributed by atoms with Crippen molar-refractivity contribution in [1.82, 2.24) is 9.97 Å². The molecule has 0 saturated heterocycles. The highest BCUT2D eigenvalue weighted by molar-refractivity contribution is 6.39. The number of aromatic nitrogens is 2. The average molecular weight is 296 g/mol. The second-order valence-corrected chi connectivity index (χ2v) is 4.89. The molecule has 1 heterocycles. The molecule has 0 saturated carbocycles. The van der Waals surface area contributed by atoms with Crippen LogP contribution in [0.25, 0.3) is 22.4 Å². The molecular weight excluding hydrogens is 288 g/mol. The van der Waals surface area contributed by atoms with Crippen molar-refractivity contribution in [3.8, 4) is 11.4 Å². The monoisotopic (exact) mass is 295 g/mol. The molecule has 0 spiro atoms. The van der Waals surface area contributed by atoms with Crippen LogP contribution in [-0.2, 0) is 0 Å². The van der Waals surface area contributed by atoms with E-state index in [0.29, 0.717) is 32.6 Å². The normalized spacial score (nSPS) is 11.1. The number of anilines is 1. The van der Waals surface area contributed by atoms with Gasteiger partial charge in [-0.15, -0.1) is 0 Å². The molecule has 0 aliphatic carbocycles. The number of hydrogen-bond donors (Lipinski definition) is 2. The Kier molecular flexibility index (Phi) is 2.84. The lowest BCUT2D eigenvalue weighted by atomic mass is 10.2. The molecule has 0 radical (unpaired) electrons. The van der Waals surface area contributed by atoms with E-state index >= 15 is 0 Å². The van der Waals surface area contributed by atoms with Gasteiger partial charge in [-0.3, -0.25) is 0 Å². The summed E-state index contributed by atoms with van der Waals surface area (Å²) in [5.74, 6) is 0.108. The molecule has 0 fully saturated rings. The molecule has 0 bridgehead atoms. The molecule has 0 atom stereocenters. The van der Waals surface area contributed by atoms with Crippen LogP contribution in [0.3, 0.4) is 0 Å². The van der Waals surface area contributed by atoms with Crippen molar-refractivity contribution < 1.29 is 4.39 Å². The summed E-state index contributed by atoms with van der Waals surface area (Å²) in [6.07, 6.45) is 0. The third-order valence-electron chi connectivity index (χ3n) is 2.82. The van der Waals surface area contributed by atoms with Gasteiger partial charge in [0.1, 0.15) is 11.3 Å². The van der Waals surface area contributed by atoms with Crippen LogP contribution in [0.4, 0.5) is 10.1 Å². The number of hydrogen-bond acceptors (Lipinski definition) is 2. The molecule has 6 heteroatoms. The lowest BCUT2D eigenvalue weighted by Gasteiger charge is -2.03. The maximum absolute atomic E-state index is 13.6. The standard InChI is InChI=1S/C13H8Cl2FN3/c14-7-4-6(5-8(15)11(7)17)13-18-10-3-1-2-9(16)12(10)19-13/h1-5H,17H2,(H,18,19). The van der Waals surface area contributed by atoms with Crippen LogP contribution in [-0.4, -0.2) is 9.97 Å². The Morgan fingerprint density at radius 3 is 2.47 bits per heavy atom. The van der Waals surface area contributed by atoms with E-state index in [1.54, 1.807) is 24.3 Å². The van der Waals surface area contributed by atoms with E-state index in [1.165, 1.54) is 6.07 Å². The first kappa shape index (κ1) is 12.3. The lowest BCUT2D eigenvalue weighted by Crippen LogP contribution is -1.89. The fourth-order valence-electron chi connectivity index (χ4n) is 1.85. The first-order valence-corrected chi connectivity index (χ1v) is 6.21. The number of H-pyrrole nitrogens is 1. The van der Waals surface area contributed by atoms with E-state index in [0.717, 1.165) is 0 Å². The minimum absolute atomic E-state index is 0.279. The van der Waals surface area contributed by atoms with Crippen LogP contribution in [0.1, 0.15) is 0 Å². The smallest absolute Gasteiger partial charge is 0.151 e. The maximum Gasteiger partial charge on any atom is 0.151 e. The van der Waals surface area contributed by atoms with E-state index in [1.807, 2.05) is 0 Å². The Balaban J connectivity index is 2.22. The highest BCUT2D eigenvalue weighted by atomic mass is 35.5. The zero-order chi connectivity index (χ0) is 13.6. The molecule has 0 aliphatic rings. The zero-order valence-corrected chi connectivity index (χ0v) is 11.1. The van der Waals surface area contributed by atoms with Gasteiger partial charge in [0, 0.05) is 5.56 Å². The topological polar surface area (TPSA) is 54.7 Å². The van der Waals surface area contributed by atoms with Gasteiger partial charge in [-0.25, -0.2) is 9.37 Å². The van der Waals surface area contributed by atoms with Crippen LogP contribution in [0.2, 0.25) is 10.0 Å². The van der Waals surface area contributed by atoms with Gasteiger partial charge in [0.25, 0.3) is 0 Å². The van der Waals surface area contributed by atoms with E-state index < -0.39 is 0 Å². The molecule has 96 valence electrons. The highest BCUT2D eigenvalue weighted by Crippen LogP contribution is 2.33. The molecule has 2 aromatic carbocycles. The van der Waals surface area contributed by atoms with Crippen molar-refractivity contribution in [3.63, 3.8) is 0 Å². The van der Waals surface area contributed by atoms with Crippen molar-refractivity contribution in [3.05, 3.63) is 46.2 Å². The van der Waals surface area contributed by atoms with Gasteiger partial charge >= 0.3 is 0 Å². The Labute approximate surface area is 118 Å². The lowest BCUT2D eigenvalue weighted by molar-refractivity contribution is 0.637. The van der Waals surface area contributed by atoms with Crippen molar-refractivity contribution in [1.29, 1.82) is 0 Å². The van der Waals surface area contributed by atoms with Crippen LogP contribution in [0.5, 0.6) is 0 Å². The SMILES string of the molecule is Nc1c(Cl)cc(-c2nc3c(F)cccc3[nH]2)cc1Cl. The van der Waals surface area contributed by atoms with Crippen molar-refractivity contribution in [2.75, 3.05) is 5.73 Å². The minimum Gasteiger partial charge on any atom is -0.396 e. The highest BCUT2D eigenvalue weighted by Gasteiger charge is 2.11. The predicted molar refractivity (Wildman–Crippen MR) is 75.9 cm³/mol. The third kappa shape index (κ3) is 2.03. The van der Waals surface area contributed by atoms with Gasteiger partial charge in [-0.2, -0.15) is 0 Å². The summed E-state index contributed by atoms with van der Waals surface area (Å²) in [6.45, 7) is 0. The number of nitrogens with zero attached hydrogens (tertiary/aromatic N) is 1. The molecule has 0 unspecified atom stereocenters. The van der Waals surface area contributed by atoms with Gasteiger partial charge < -0.3 is 10.7 Å². The van der Waals surface area contributed by atoms with Gasteiger partial charge in [0.15, 0.2) is 5.82 Å². The Bertz CT molecular complexity index is 760. The summed E-state index contributed by atoms with van der Waals surface area (Å²) in [4.78, 5) is 7.22. The molecule has 0 amide bonds. The summed E-state index contributed by atoms with van der Waals surface area (Å²) in [6, 6.07) is 7.99. The van der Waals surface area contributed by atoms with Gasteiger partial charge in [-0.1, -0.05) is 29.3 Å². The zero-order valence-electron chi connectivity index (χ0n) is 9.55. The number of aromatic amines is 1. The van der Waals surface area contributed by atoms with Crippen LogP contribution in [0, 0.1) is 5.82 Å². The summed E-state index contributed by atoms with van der Waals surface area (Å²) in [5, 5.41) is 0.673. The number of nitrogens with one attached hydrogen (secondary N) is 1. The molecule has 3 N–H and O–H groups in total. The molecule has 0 aliphatic heterocycles. The molecule has 1 aromatic heterocycles. The number of para-hydroxylation sites is 1. The Hall–Kier alpha value is -1.78. The van der Waals surface area contributed by atoms with Gasteiger partial charge in [-0.05, 0) is 24.3 Å². The number of nitrogen functional groups attached to an aromatic ring is 1. The largest absolute Gasteiger partial charge is 0.396 e. The average Bonchev–Trinajstić information content (AvgIpc) is 2.81. The van der Waals surface area contributed by atoms with E-state index in [4.69, 9.17) is 28.9 Å². The van der Waals surface area contributed by atoms with Crippen LogP contribution in [0.15, 0.2) is 30.3 Å². The predicted octanol–water partition coefficient (Wildman–Crippen LogP) is 4.26. The second-order valence-electron chi connectivity index (χ2n) is 4.07. The Morgan fingerprint density at radius 2 is 1.84 bits per heavy atom. The number of imidazole rings is 1. The van der Waals surface area contributed by atoms with E-state index in [2.05, 4.69) is 9.97 Å². The first-order chi connectivity index (χ1) is 9.06. The fourth-order valence-corrected chi connectivity index (χ4v) is 2.34. The molecule has 19 heavy (non-hydrogen) atoms. The summed E-state index contributed by atoms with van der Waals surface area (Å²) in [5.41, 5.74) is 7.53. The summed E-state index contributed by atoms with van der Waals surface area (Å²) >= 11 is 11.9. The summed E-state index contributed by atoms with van der Waals surface area (Å²) in [7, 11) is 0. The van der Waals surface area contributed by atoms with Gasteiger partial charge in [0.2, 0.25) is 0 Å². The molecule has 3 rings (SSSR count). The van der Waals surface area contributed by atoms with Crippen LogP contribution < -0.4 is 5.73 Å². The van der Waals surface area contributed by atoms with Crippen molar-refractivity contribution >= 4 is 39.9 Å². The van der Waals surface area contributed by atoms with Crippen LogP contribution >= 0.6 is 23.2 Å². The minimum atomic E-state index is -0.382. The summed E-state index contributed by atoms with van der Waals surface area (Å²) < 4.78 is 13.6. The number of benzene rings is 2. The number of halogens is 3. The van der Waals surface area contributed by atoms with Crippen molar-refractivity contribution in [2.45, 2.75) is 0 Å². The fraction of sp³-hybridized carbons (Fsp3) is 0. The number of nitrogens with two attached hydrogens (primary N) is 1. The van der Waals surface area contributed by atoms with E-state index in [9.17, 15) is 4.39 Å². The van der Waals surface area contributed by atoms with E-state index in [-0.39, 0.29) is 11.3 Å². The maximum atomic E-state index is 13.6. The molecule has 3 nitrogen and oxygen atoms in total. The molecule has 3 aromatic rings. The first-order valence-electron chi connectivity index (χ1n) is 5.45. The van der Waals surface area contributed by atoms with Gasteiger partial charge in [0.05, 0.1) is 21.2 Å². The van der Waals surface area contributed by atoms with Crippen molar-refractivity contribution in [2.24, 2.45) is 0 Å². The molecular formula is C13H8Cl2FN3. The number of rotatable bonds is 1. The second kappa shape index (κ2) is 4.40. The Morgan fingerprint density at radius 1 is 1.16 bits per heavy atom.